The van der Waals surface area contributed by atoms with E-state index in [-0.39, 0.29) is 0 Å². The molecule has 1 aromatic carbocycles. The molecule has 0 spiro atoms. The van der Waals surface area contributed by atoms with Crippen molar-refractivity contribution in [1.29, 1.82) is 0 Å². The van der Waals surface area contributed by atoms with E-state index >= 15 is 0 Å². The van der Waals surface area contributed by atoms with E-state index in [0.29, 0.717) is 13.2 Å². The summed E-state index contributed by atoms with van der Waals surface area (Å²) in [7, 11) is 0. The van der Waals surface area contributed by atoms with Crippen molar-refractivity contribution in [1.82, 2.24) is 0 Å². The van der Waals surface area contributed by atoms with Crippen LogP contribution in [0.25, 0.3) is 0 Å². The lowest BCUT2D eigenvalue weighted by molar-refractivity contribution is 0.0416. The summed E-state index contributed by atoms with van der Waals surface area (Å²) in [6, 6.07) is 5.89. The van der Waals surface area contributed by atoms with Crippen LogP contribution in [0.2, 0.25) is 0 Å². The Labute approximate surface area is 93.0 Å². The summed E-state index contributed by atoms with van der Waals surface area (Å²) in [4.78, 5) is 0. The molecule has 1 aromatic rings. The van der Waals surface area contributed by atoms with Crippen LogP contribution >= 0.6 is 15.9 Å². The molecule has 0 saturated carbocycles. The third-order valence-electron chi connectivity index (χ3n) is 1.99. The fourth-order valence-corrected chi connectivity index (χ4v) is 1.98. The van der Waals surface area contributed by atoms with Crippen molar-refractivity contribution < 1.29 is 9.84 Å². The van der Waals surface area contributed by atoms with Crippen molar-refractivity contribution in [3.63, 3.8) is 0 Å². The summed E-state index contributed by atoms with van der Waals surface area (Å²) in [6.45, 7) is 4.90. The fraction of sp³-hybridized carbons (Fsp3) is 0.455. The first-order chi connectivity index (χ1) is 6.65. The van der Waals surface area contributed by atoms with E-state index in [4.69, 9.17) is 4.74 Å². The van der Waals surface area contributed by atoms with Gasteiger partial charge in [0.05, 0.1) is 6.61 Å². The lowest BCUT2D eigenvalue weighted by atomic mass is 10.1. The zero-order valence-electron chi connectivity index (χ0n) is 8.46. The van der Waals surface area contributed by atoms with Crippen LogP contribution < -0.4 is 0 Å². The molecule has 14 heavy (non-hydrogen) atoms. The third-order valence-corrected chi connectivity index (χ3v) is 2.68. The van der Waals surface area contributed by atoms with Crippen LogP contribution in [0, 0.1) is 6.92 Å². The van der Waals surface area contributed by atoms with Crippen LogP contribution in [0.1, 0.15) is 24.2 Å². The Bertz CT molecular complexity index is 299. The lowest BCUT2D eigenvalue weighted by Gasteiger charge is -2.12. The van der Waals surface area contributed by atoms with E-state index < -0.39 is 6.10 Å². The van der Waals surface area contributed by atoms with Gasteiger partial charge in [0.25, 0.3) is 0 Å². The highest BCUT2D eigenvalue weighted by Crippen LogP contribution is 2.24. The molecule has 1 unspecified atom stereocenters. The predicted octanol–water partition coefficient (Wildman–Crippen LogP) is 2.83. The summed E-state index contributed by atoms with van der Waals surface area (Å²) >= 11 is 3.42. The van der Waals surface area contributed by atoms with Crippen molar-refractivity contribution in [2.45, 2.75) is 20.0 Å². The zero-order chi connectivity index (χ0) is 10.6. The Morgan fingerprint density at radius 1 is 1.50 bits per heavy atom. The van der Waals surface area contributed by atoms with Gasteiger partial charge in [-0.15, -0.1) is 0 Å². The molecule has 0 heterocycles. The van der Waals surface area contributed by atoms with Crippen LogP contribution in [-0.2, 0) is 4.74 Å². The lowest BCUT2D eigenvalue weighted by Crippen LogP contribution is -2.07. The SMILES string of the molecule is CCOCC(O)c1ccc(C)cc1Br. The number of aryl methyl sites for hydroxylation is 1. The van der Waals surface area contributed by atoms with Gasteiger partial charge in [0.1, 0.15) is 6.10 Å². The largest absolute Gasteiger partial charge is 0.386 e. The second-order valence-corrected chi connectivity index (χ2v) is 4.05. The molecule has 1 atom stereocenters. The van der Waals surface area contributed by atoms with Crippen LogP contribution in [-0.4, -0.2) is 18.3 Å². The monoisotopic (exact) mass is 258 g/mol. The maximum atomic E-state index is 9.77. The second kappa shape index (κ2) is 5.49. The van der Waals surface area contributed by atoms with E-state index in [1.54, 1.807) is 0 Å². The Morgan fingerprint density at radius 2 is 2.21 bits per heavy atom. The molecule has 0 aliphatic carbocycles. The second-order valence-electron chi connectivity index (χ2n) is 3.20. The van der Waals surface area contributed by atoms with Crippen molar-refractivity contribution in [3.8, 4) is 0 Å². The minimum atomic E-state index is -0.551. The van der Waals surface area contributed by atoms with Gasteiger partial charge in [0.15, 0.2) is 0 Å². The molecule has 0 aliphatic heterocycles. The average molecular weight is 259 g/mol. The zero-order valence-corrected chi connectivity index (χ0v) is 10.0. The Morgan fingerprint density at radius 3 is 2.79 bits per heavy atom. The third kappa shape index (κ3) is 3.08. The Kier molecular flexibility index (Phi) is 4.58. The van der Waals surface area contributed by atoms with E-state index in [9.17, 15) is 5.11 Å². The number of halogens is 1. The van der Waals surface area contributed by atoms with E-state index in [2.05, 4.69) is 15.9 Å². The molecule has 0 fully saturated rings. The highest BCUT2D eigenvalue weighted by molar-refractivity contribution is 9.10. The number of ether oxygens (including phenoxy) is 1. The number of benzene rings is 1. The number of aliphatic hydroxyl groups is 1. The first-order valence-electron chi connectivity index (χ1n) is 4.67. The molecule has 1 N–H and O–H groups in total. The molecule has 0 saturated heterocycles. The summed E-state index contributed by atoms with van der Waals surface area (Å²) < 4.78 is 6.10. The van der Waals surface area contributed by atoms with Gasteiger partial charge in [0.2, 0.25) is 0 Å². The minimum Gasteiger partial charge on any atom is -0.386 e. The van der Waals surface area contributed by atoms with E-state index in [1.807, 2.05) is 32.0 Å². The highest BCUT2D eigenvalue weighted by Gasteiger charge is 2.10. The first-order valence-corrected chi connectivity index (χ1v) is 5.46. The van der Waals surface area contributed by atoms with Gasteiger partial charge in [-0.25, -0.2) is 0 Å². The van der Waals surface area contributed by atoms with Crippen LogP contribution in [0.3, 0.4) is 0 Å². The molecule has 2 nitrogen and oxygen atoms in total. The topological polar surface area (TPSA) is 29.5 Å². The number of rotatable bonds is 4. The van der Waals surface area contributed by atoms with E-state index in [1.165, 1.54) is 5.56 Å². The molecule has 78 valence electrons. The molecule has 0 bridgehead atoms. The van der Waals surface area contributed by atoms with E-state index in [0.717, 1.165) is 10.0 Å². The van der Waals surface area contributed by atoms with Crippen LogP contribution in [0.15, 0.2) is 22.7 Å². The summed E-state index contributed by atoms with van der Waals surface area (Å²) in [5, 5.41) is 9.77. The van der Waals surface area contributed by atoms with Crippen LogP contribution in [0.5, 0.6) is 0 Å². The number of hydrogen-bond donors (Lipinski definition) is 1. The first kappa shape index (κ1) is 11.7. The molecule has 0 radical (unpaired) electrons. The minimum absolute atomic E-state index is 0.345. The van der Waals surface area contributed by atoms with Gasteiger partial charge in [-0.05, 0) is 31.0 Å². The normalized spacial score (nSPS) is 12.9. The molecular formula is C11H15BrO2. The van der Waals surface area contributed by atoms with Gasteiger partial charge in [-0.2, -0.15) is 0 Å². The summed E-state index contributed by atoms with van der Waals surface area (Å²) in [6.07, 6.45) is -0.551. The number of aliphatic hydroxyl groups excluding tert-OH is 1. The molecular weight excluding hydrogens is 244 g/mol. The van der Waals surface area contributed by atoms with Gasteiger partial charge >= 0.3 is 0 Å². The van der Waals surface area contributed by atoms with Gasteiger partial charge in [-0.1, -0.05) is 28.1 Å². The fourth-order valence-electron chi connectivity index (χ4n) is 1.22. The average Bonchev–Trinajstić information content (AvgIpc) is 2.14. The summed E-state index contributed by atoms with van der Waals surface area (Å²) in [5.74, 6) is 0. The molecule has 0 aliphatic rings. The standard InChI is InChI=1S/C11H15BrO2/c1-3-14-7-11(13)9-5-4-8(2)6-10(9)12/h4-6,11,13H,3,7H2,1-2H3. The summed E-state index contributed by atoms with van der Waals surface area (Å²) in [5.41, 5.74) is 2.05. The molecule has 3 heteroatoms. The maximum Gasteiger partial charge on any atom is 0.103 e. The van der Waals surface area contributed by atoms with Gasteiger partial charge in [-0.3, -0.25) is 0 Å². The molecule has 0 amide bonds. The Hall–Kier alpha value is -0.380. The predicted molar refractivity (Wildman–Crippen MR) is 60.3 cm³/mol. The van der Waals surface area contributed by atoms with Crippen molar-refractivity contribution >= 4 is 15.9 Å². The molecule has 1 rings (SSSR count). The van der Waals surface area contributed by atoms with Crippen molar-refractivity contribution in [2.24, 2.45) is 0 Å². The quantitative estimate of drug-likeness (QED) is 0.900. The van der Waals surface area contributed by atoms with Crippen LogP contribution in [0.4, 0.5) is 0 Å². The smallest absolute Gasteiger partial charge is 0.103 e. The molecule has 0 aromatic heterocycles. The highest BCUT2D eigenvalue weighted by atomic mass is 79.9. The maximum absolute atomic E-state index is 9.77. The van der Waals surface area contributed by atoms with Crippen molar-refractivity contribution in [2.75, 3.05) is 13.2 Å². The van der Waals surface area contributed by atoms with Crippen molar-refractivity contribution in [3.05, 3.63) is 33.8 Å². The van der Waals surface area contributed by atoms with Gasteiger partial charge in [0, 0.05) is 11.1 Å². The Balaban J connectivity index is 2.74. The number of hydrogen-bond acceptors (Lipinski definition) is 2. The van der Waals surface area contributed by atoms with Gasteiger partial charge < -0.3 is 9.84 Å².